The van der Waals surface area contributed by atoms with Crippen LogP contribution < -0.4 is 0 Å². The fourth-order valence-corrected chi connectivity index (χ4v) is 1.64. The quantitative estimate of drug-likeness (QED) is 0.323. The molecule has 0 fully saturated rings. The molecule has 0 spiro atoms. The highest BCUT2D eigenvalue weighted by atomic mass is 127. The Bertz CT molecular complexity index is 172. The molecule has 0 radical (unpaired) electrons. The monoisotopic (exact) mass is 267 g/mol. The lowest BCUT2D eigenvalue weighted by atomic mass is 10.3. The molecule has 1 unspecified atom stereocenters. The molecular formula is C7H11INP. The lowest BCUT2D eigenvalue weighted by Crippen LogP contribution is -1.80. The SMILES string of the molecule is C=C/C(C)=C\C(I)=NCP. The number of hydrogen-bond donors (Lipinski definition) is 0. The van der Waals surface area contributed by atoms with Crippen molar-refractivity contribution in [3.63, 3.8) is 0 Å². The van der Waals surface area contributed by atoms with E-state index in [0.717, 1.165) is 15.6 Å². The van der Waals surface area contributed by atoms with Crippen LogP contribution in [-0.2, 0) is 0 Å². The third-order valence-electron chi connectivity index (χ3n) is 0.911. The summed E-state index contributed by atoms with van der Waals surface area (Å²) in [6, 6.07) is 0. The average molecular weight is 267 g/mol. The summed E-state index contributed by atoms with van der Waals surface area (Å²) < 4.78 is 1.02. The fourth-order valence-electron chi connectivity index (χ4n) is 0.380. The van der Waals surface area contributed by atoms with Gasteiger partial charge < -0.3 is 0 Å². The minimum atomic E-state index is 0.763. The van der Waals surface area contributed by atoms with Crippen molar-refractivity contribution in [2.75, 3.05) is 6.29 Å². The van der Waals surface area contributed by atoms with Crippen LogP contribution in [0.1, 0.15) is 6.92 Å². The van der Waals surface area contributed by atoms with Crippen LogP contribution in [0.2, 0.25) is 0 Å². The van der Waals surface area contributed by atoms with Crippen molar-refractivity contribution >= 4 is 35.5 Å². The van der Waals surface area contributed by atoms with Gasteiger partial charge in [-0.15, -0.1) is 9.24 Å². The van der Waals surface area contributed by atoms with E-state index >= 15 is 0 Å². The molecule has 0 aromatic heterocycles. The van der Waals surface area contributed by atoms with Gasteiger partial charge in [0.2, 0.25) is 0 Å². The highest BCUT2D eigenvalue weighted by Crippen LogP contribution is 2.01. The molecule has 1 atom stereocenters. The first-order valence-electron chi connectivity index (χ1n) is 2.91. The molecule has 0 aliphatic rings. The van der Waals surface area contributed by atoms with E-state index in [9.17, 15) is 0 Å². The van der Waals surface area contributed by atoms with Gasteiger partial charge in [0, 0.05) is 0 Å². The van der Waals surface area contributed by atoms with E-state index in [0.29, 0.717) is 0 Å². The normalized spacial score (nSPS) is 13.5. The van der Waals surface area contributed by atoms with Gasteiger partial charge in [0.25, 0.3) is 0 Å². The lowest BCUT2D eigenvalue weighted by molar-refractivity contribution is 1.40. The molecule has 10 heavy (non-hydrogen) atoms. The average Bonchev–Trinajstić information content (AvgIpc) is 1.88. The van der Waals surface area contributed by atoms with Crippen LogP contribution in [0.3, 0.4) is 0 Å². The van der Waals surface area contributed by atoms with E-state index in [4.69, 9.17) is 0 Å². The third kappa shape index (κ3) is 5.12. The molecule has 0 heterocycles. The first-order valence-corrected chi connectivity index (χ1v) is 4.81. The summed E-state index contributed by atoms with van der Waals surface area (Å²) >= 11 is 2.19. The second-order valence-electron chi connectivity index (χ2n) is 1.76. The van der Waals surface area contributed by atoms with Gasteiger partial charge in [0.1, 0.15) is 0 Å². The number of hydrogen-bond acceptors (Lipinski definition) is 1. The van der Waals surface area contributed by atoms with Gasteiger partial charge in [-0.2, -0.15) is 0 Å². The van der Waals surface area contributed by atoms with Crippen molar-refractivity contribution in [1.82, 2.24) is 0 Å². The van der Waals surface area contributed by atoms with Gasteiger partial charge in [-0.3, -0.25) is 4.99 Å². The maximum absolute atomic E-state index is 4.15. The summed E-state index contributed by atoms with van der Waals surface area (Å²) in [5.41, 5.74) is 1.15. The minimum Gasteiger partial charge on any atom is -0.275 e. The number of nitrogens with zero attached hydrogens (tertiary/aromatic N) is 1. The zero-order valence-electron chi connectivity index (χ0n) is 5.97. The number of halogens is 1. The van der Waals surface area contributed by atoms with E-state index in [2.05, 4.69) is 43.4 Å². The number of aliphatic imine (C=N–C) groups is 1. The first-order chi connectivity index (χ1) is 4.70. The molecule has 1 nitrogen and oxygen atoms in total. The maximum Gasteiger partial charge on any atom is 0.0960 e. The zero-order valence-corrected chi connectivity index (χ0v) is 9.28. The van der Waals surface area contributed by atoms with E-state index in [1.165, 1.54) is 0 Å². The Morgan fingerprint density at radius 2 is 2.40 bits per heavy atom. The highest BCUT2D eigenvalue weighted by molar-refractivity contribution is 14.1. The first kappa shape index (κ1) is 10.3. The van der Waals surface area contributed by atoms with Crippen molar-refractivity contribution in [3.05, 3.63) is 24.3 Å². The Kier molecular flexibility index (Phi) is 6.24. The molecule has 0 amide bonds. The largest absolute Gasteiger partial charge is 0.275 e. The lowest BCUT2D eigenvalue weighted by Gasteiger charge is -1.89. The van der Waals surface area contributed by atoms with Gasteiger partial charge >= 0.3 is 0 Å². The number of rotatable bonds is 3. The highest BCUT2D eigenvalue weighted by Gasteiger charge is 1.85. The molecule has 0 saturated heterocycles. The summed E-state index contributed by atoms with van der Waals surface area (Å²) in [7, 11) is 2.55. The minimum absolute atomic E-state index is 0.763. The third-order valence-corrected chi connectivity index (χ3v) is 1.75. The zero-order chi connectivity index (χ0) is 7.98. The topological polar surface area (TPSA) is 12.4 Å². The van der Waals surface area contributed by atoms with Crippen molar-refractivity contribution in [2.45, 2.75) is 6.92 Å². The van der Waals surface area contributed by atoms with Crippen LogP contribution in [0.15, 0.2) is 29.3 Å². The van der Waals surface area contributed by atoms with Gasteiger partial charge in [-0.25, -0.2) is 0 Å². The van der Waals surface area contributed by atoms with Gasteiger partial charge in [-0.1, -0.05) is 12.7 Å². The summed E-state index contributed by atoms with van der Waals surface area (Å²) in [5, 5.41) is 0. The van der Waals surface area contributed by atoms with Crippen LogP contribution >= 0.6 is 31.8 Å². The predicted molar refractivity (Wildman–Crippen MR) is 60.0 cm³/mol. The molecular weight excluding hydrogens is 256 g/mol. The van der Waals surface area contributed by atoms with Crippen LogP contribution in [0, 0.1) is 0 Å². The van der Waals surface area contributed by atoms with Crippen molar-refractivity contribution in [2.24, 2.45) is 4.99 Å². The van der Waals surface area contributed by atoms with Crippen LogP contribution in [-0.4, -0.2) is 10.0 Å². The summed E-state index contributed by atoms with van der Waals surface area (Å²) in [4.78, 5) is 4.15. The van der Waals surface area contributed by atoms with Crippen molar-refractivity contribution in [3.8, 4) is 0 Å². The molecule has 0 aromatic carbocycles. The maximum atomic E-state index is 4.15. The van der Waals surface area contributed by atoms with Gasteiger partial charge in [-0.05, 0) is 41.2 Å². The second kappa shape index (κ2) is 6.05. The Morgan fingerprint density at radius 1 is 1.80 bits per heavy atom. The summed E-state index contributed by atoms with van der Waals surface area (Å²) in [6.45, 7) is 5.65. The fraction of sp³-hybridized carbons (Fsp3) is 0.286. The number of allylic oxidation sites excluding steroid dienone is 3. The Morgan fingerprint density at radius 3 is 2.80 bits per heavy atom. The second-order valence-corrected chi connectivity index (χ2v) is 3.23. The smallest absolute Gasteiger partial charge is 0.0960 e. The molecule has 0 N–H and O–H groups in total. The molecule has 0 rings (SSSR count). The van der Waals surface area contributed by atoms with Crippen molar-refractivity contribution in [1.29, 1.82) is 0 Å². The summed E-state index contributed by atoms with van der Waals surface area (Å²) in [5.74, 6) is 0. The Balaban J connectivity index is 4.11. The van der Waals surface area contributed by atoms with Crippen LogP contribution in [0.25, 0.3) is 0 Å². The van der Waals surface area contributed by atoms with E-state index in [1.54, 1.807) is 0 Å². The molecule has 3 heteroatoms. The molecule has 0 aliphatic carbocycles. The van der Waals surface area contributed by atoms with E-state index in [-0.39, 0.29) is 0 Å². The van der Waals surface area contributed by atoms with Crippen LogP contribution in [0.5, 0.6) is 0 Å². The van der Waals surface area contributed by atoms with Crippen LogP contribution in [0.4, 0.5) is 0 Å². The molecule has 0 saturated carbocycles. The molecule has 0 aliphatic heterocycles. The molecule has 56 valence electrons. The molecule has 0 aromatic rings. The van der Waals surface area contributed by atoms with Gasteiger partial charge in [0.15, 0.2) is 0 Å². The van der Waals surface area contributed by atoms with E-state index in [1.807, 2.05) is 19.1 Å². The standard InChI is InChI=1S/C7H11INP/c1-3-6(2)4-7(8)9-5-10/h3-4H,1,5,10H2,2H3/b6-4-,9-7?. The Hall–Kier alpha value is 0.310. The Labute approximate surface area is 78.0 Å². The summed E-state index contributed by atoms with van der Waals surface area (Å²) in [6.07, 6.45) is 4.58. The van der Waals surface area contributed by atoms with Gasteiger partial charge in [0.05, 0.1) is 10.0 Å². The molecule has 0 bridgehead atoms. The van der Waals surface area contributed by atoms with E-state index < -0.39 is 0 Å². The predicted octanol–water partition coefficient (Wildman–Crippen LogP) is 2.78. The van der Waals surface area contributed by atoms with Crippen molar-refractivity contribution < 1.29 is 0 Å².